The van der Waals surface area contributed by atoms with Gasteiger partial charge in [-0.05, 0) is 17.9 Å². The Kier molecular flexibility index (Phi) is 9.45. The Morgan fingerprint density at radius 3 is 2.33 bits per heavy atom. The van der Waals surface area contributed by atoms with Crippen molar-refractivity contribution in [1.82, 2.24) is 10.6 Å². The van der Waals surface area contributed by atoms with Crippen LogP contribution in [-0.2, 0) is 25.7 Å². The van der Waals surface area contributed by atoms with Crippen LogP contribution < -0.4 is 10.6 Å². The Morgan fingerprint density at radius 1 is 1.11 bits per heavy atom. The smallest absolute Gasteiger partial charge is 0.408 e. The number of rotatable bonds is 9. The van der Waals surface area contributed by atoms with Crippen LogP contribution >= 0.6 is 0 Å². The second-order valence-electron chi connectivity index (χ2n) is 6.38. The number of methoxy groups -OCH3 is 1. The van der Waals surface area contributed by atoms with Crippen LogP contribution in [0.1, 0.15) is 32.3 Å². The first-order valence-corrected chi connectivity index (χ1v) is 8.66. The summed E-state index contributed by atoms with van der Waals surface area (Å²) < 4.78 is 9.79. The standard InChI is InChI=1S/C20H26N2O5/c1-5-9-16(19(24)26-4)21-18(23)17(12-14(2)3)22-20(25)27-13-15-10-7-6-8-11-15/h1,6-8,10-11,14,16-17H,9,12-13H2,2-4H3,(H,21,23)(H,22,25)/t16-,17+/m1/s1. The van der Waals surface area contributed by atoms with E-state index < -0.39 is 30.1 Å². The molecular weight excluding hydrogens is 348 g/mol. The predicted molar refractivity (Wildman–Crippen MR) is 100 cm³/mol. The van der Waals surface area contributed by atoms with E-state index in [2.05, 4.69) is 21.3 Å². The van der Waals surface area contributed by atoms with Crippen molar-refractivity contribution < 1.29 is 23.9 Å². The third-order valence-corrected chi connectivity index (χ3v) is 3.65. The van der Waals surface area contributed by atoms with Crippen LogP contribution in [-0.4, -0.2) is 37.2 Å². The molecule has 27 heavy (non-hydrogen) atoms. The lowest BCUT2D eigenvalue weighted by molar-refractivity contribution is -0.145. The van der Waals surface area contributed by atoms with Gasteiger partial charge < -0.3 is 20.1 Å². The molecule has 0 saturated heterocycles. The van der Waals surface area contributed by atoms with Crippen molar-refractivity contribution in [3.8, 4) is 12.3 Å². The third kappa shape index (κ3) is 8.27. The van der Waals surface area contributed by atoms with E-state index in [1.807, 2.05) is 44.2 Å². The summed E-state index contributed by atoms with van der Waals surface area (Å²) in [6, 6.07) is 7.36. The maximum absolute atomic E-state index is 12.5. The average Bonchev–Trinajstić information content (AvgIpc) is 2.65. The summed E-state index contributed by atoms with van der Waals surface area (Å²) >= 11 is 0. The molecule has 7 nitrogen and oxygen atoms in total. The molecule has 0 radical (unpaired) electrons. The Bertz CT molecular complexity index is 667. The first-order valence-electron chi connectivity index (χ1n) is 8.66. The number of hydrogen-bond acceptors (Lipinski definition) is 5. The number of benzene rings is 1. The number of terminal acetylenes is 1. The molecule has 1 aromatic carbocycles. The largest absolute Gasteiger partial charge is 0.467 e. The van der Waals surface area contributed by atoms with Crippen molar-refractivity contribution in [1.29, 1.82) is 0 Å². The van der Waals surface area contributed by atoms with E-state index >= 15 is 0 Å². The molecule has 0 fully saturated rings. The van der Waals surface area contributed by atoms with Crippen LogP contribution in [0.4, 0.5) is 4.79 Å². The summed E-state index contributed by atoms with van der Waals surface area (Å²) in [5.41, 5.74) is 0.831. The minimum Gasteiger partial charge on any atom is -0.467 e. The van der Waals surface area contributed by atoms with E-state index in [4.69, 9.17) is 11.2 Å². The summed E-state index contributed by atoms with van der Waals surface area (Å²) in [6.07, 6.45) is 4.88. The van der Waals surface area contributed by atoms with Gasteiger partial charge in [0.1, 0.15) is 18.7 Å². The fourth-order valence-corrected chi connectivity index (χ4v) is 2.34. The van der Waals surface area contributed by atoms with Crippen molar-refractivity contribution in [3.63, 3.8) is 0 Å². The van der Waals surface area contributed by atoms with Crippen LogP contribution in [0.5, 0.6) is 0 Å². The lowest BCUT2D eigenvalue weighted by Gasteiger charge is -2.22. The fourth-order valence-electron chi connectivity index (χ4n) is 2.34. The van der Waals surface area contributed by atoms with Gasteiger partial charge in [0.15, 0.2) is 0 Å². The van der Waals surface area contributed by atoms with Crippen molar-refractivity contribution in [2.75, 3.05) is 7.11 Å². The van der Waals surface area contributed by atoms with Crippen LogP contribution in [0.3, 0.4) is 0 Å². The molecule has 0 spiro atoms. The van der Waals surface area contributed by atoms with Gasteiger partial charge in [0.25, 0.3) is 0 Å². The molecule has 0 aromatic heterocycles. The highest BCUT2D eigenvalue weighted by Gasteiger charge is 2.27. The van der Waals surface area contributed by atoms with Crippen LogP contribution in [0.2, 0.25) is 0 Å². The molecule has 0 heterocycles. The van der Waals surface area contributed by atoms with Gasteiger partial charge in [-0.15, -0.1) is 12.3 Å². The number of carbonyl (C=O) groups excluding carboxylic acids is 3. The molecule has 0 aliphatic rings. The molecule has 0 saturated carbocycles. The highest BCUT2D eigenvalue weighted by molar-refractivity contribution is 5.89. The summed E-state index contributed by atoms with van der Waals surface area (Å²) in [5, 5.41) is 5.07. The summed E-state index contributed by atoms with van der Waals surface area (Å²) in [6.45, 7) is 3.91. The maximum atomic E-state index is 12.5. The van der Waals surface area contributed by atoms with Gasteiger partial charge in [-0.25, -0.2) is 9.59 Å². The molecule has 0 bridgehead atoms. The Balaban J connectivity index is 2.69. The zero-order valence-electron chi connectivity index (χ0n) is 15.9. The fraction of sp³-hybridized carbons (Fsp3) is 0.450. The number of amides is 2. The average molecular weight is 374 g/mol. The quantitative estimate of drug-likeness (QED) is 0.509. The molecule has 1 rings (SSSR count). The predicted octanol–water partition coefficient (Wildman–Crippen LogP) is 2.01. The minimum atomic E-state index is -0.968. The van der Waals surface area contributed by atoms with Crippen molar-refractivity contribution in [2.24, 2.45) is 5.92 Å². The number of hydrogen-bond donors (Lipinski definition) is 2. The lowest BCUT2D eigenvalue weighted by Crippen LogP contribution is -2.52. The molecular formula is C20H26N2O5. The van der Waals surface area contributed by atoms with Gasteiger partial charge in [0, 0.05) is 6.42 Å². The van der Waals surface area contributed by atoms with Crippen molar-refractivity contribution >= 4 is 18.0 Å². The van der Waals surface area contributed by atoms with Gasteiger partial charge in [-0.2, -0.15) is 0 Å². The Hall–Kier alpha value is -3.01. The first kappa shape index (κ1) is 22.0. The number of alkyl carbamates (subject to hydrolysis) is 1. The molecule has 2 N–H and O–H groups in total. The SMILES string of the molecule is C#CC[C@@H](NC(=O)[C@H](CC(C)C)NC(=O)OCc1ccccc1)C(=O)OC. The van der Waals surface area contributed by atoms with Gasteiger partial charge in [0.05, 0.1) is 7.11 Å². The first-order chi connectivity index (χ1) is 12.9. The van der Waals surface area contributed by atoms with E-state index in [0.717, 1.165) is 5.56 Å². The molecule has 1 aromatic rings. The van der Waals surface area contributed by atoms with Crippen LogP contribution in [0.25, 0.3) is 0 Å². The van der Waals surface area contributed by atoms with E-state index in [1.165, 1.54) is 7.11 Å². The zero-order valence-corrected chi connectivity index (χ0v) is 15.9. The van der Waals surface area contributed by atoms with Crippen molar-refractivity contribution in [3.05, 3.63) is 35.9 Å². The van der Waals surface area contributed by atoms with Crippen molar-refractivity contribution in [2.45, 2.75) is 45.4 Å². The van der Waals surface area contributed by atoms with Crippen LogP contribution in [0.15, 0.2) is 30.3 Å². The highest BCUT2D eigenvalue weighted by Crippen LogP contribution is 2.07. The topological polar surface area (TPSA) is 93.7 Å². The van der Waals surface area contributed by atoms with Gasteiger partial charge >= 0.3 is 12.1 Å². The molecule has 2 atom stereocenters. The number of carbonyl (C=O) groups is 3. The van der Waals surface area contributed by atoms with Crippen LogP contribution in [0, 0.1) is 18.3 Å². The molecule has 0 aliphatic heterocycles. The highest BCUT2D eigenvalue weighted by atomic mass is 16.5. The minimum absolute atomic E-state index is 0.00867. The Labute approximate surface area is 159 Å². The molecule has 146 valence electrons. The monoisotopic (exact) mass is 374 g/mol. The lowest BCUT2D eigenvalue weighted by atomic mass is 10.0. The van der Waals surface area contributed by atoms with E-state index in [1.54, 1.807) is 0 Å². The number of nitrogens with one attached hydrogen (secondary N) is 2. The molecule has 2 amide bonds. The number of ether oxygens (including phenoxy) is 2. The van der Waals surface area contributed by atoms with E-state index in [9.17, 15) is 14.4 Å². The summed E-state index contributed by atoms with van der Waals surface area (Å²) in [4.78, 5) is 36.3. The van der Waals surface area contributed by atoms with Gasteiger partial charge in [-0.1, -0.05) is 44.2 Å². The second-order valence-corrected chi connectivity index (χ2v) is 6.38. The zero-order chi connectivity index (χ0) is 20.2. The maximum Gasteiger partial charge on any atom is 0.408 e. The number of esters is 1. The van der Waals surface area contributed by atoms with E-state index in [0.29, 0.717) is 6.42 Å². The second kappa shape index (κ2) is 11.6. The molecule has 0 unspecified atom stereocenters. The van der Waals surface area contributed by atoms with Gasteiger partial charge in [0.2, 0.25) is 5.91 Å². The summed E-state index contributed by atoms with van der Waals surface area (Å²) in [7, 11) is 1.21. The summed E-state index contributed by atoms with van der Waals surface area (Å²) in [5.74, 6) is 1.28. The third-order valence-electron chi connectivity index (χ3n) is 3.65. The van der Waals surface area contributed by atoms with E-state index in [-0.39, 0.29) is 18.9 Å². The normalized spacial score (nSPS) is 12.4. The van der Waals surface area contributed by atoms with Gasteiger partial charge in [-0.3, -0.25) is 4.79 Å². The molecule has 0 aliphatic carbocycles. The molecule has 7 heteroatoms. The Morgan fingerprint density at radius 2 is 1.78 bits per heavy atom.